The van der Waals surface area contributed by atoms with Gasteiger partial charge in [-0.25, -0.2) is 4.39 Å². The first-order valence-corrected chi connectivity index (χ1v) is 7.63. The molecular formula is C17H13FN2OS. The second-order valence-corrected chi connectivity index (χ2v) is 5.67. The molecular weight excluding hydrogens is 299 g/mol. The number of pyridine rings is 1. The zero-order valence-corrected chi connectivity index (χ0v) is 12.4. The maximum absolute atomic E-state index is 13.1. The summed E-state index contributed by atoms with van der Waals surface area (Å²) in [6.07, 6.45) is 1.55. The fourth-order valence-corrected chi connectivity index (χ4v) is 2.73. The predicted molar refractivity (Wildman–Crippen MR) is 85.1 cm³/mol. The van der Waals surface area contributed by atoms with Gasteiger partial charge in [0.1, 0.15) is 5.82 Å². The normalized spacial score (nSPS) is 10.4. The van der Waals surface area contributed by atoms with Crippen molar-refractivity contribution in [3.63, 3.8) is 0 Å². The molecule has 0 unspecified atom stereocenters. The molecule has 0 radical (unpaired) electrons. The average molecular weight is 312 g/mol. The smallest absolute Gasteiger partial charge is 0.253 e. The third kappa shape index (κ3) is 3.38. The Balaban J connectivity index is 1.65. The lowest BCUT2D eigenvalue weighted by Gasteiger charge is -2.06. The molecule has 5 heteroatoms. The van der Waals surface area contributed by atoms with Gasteiger partial charge in [0, 0.05) is 12.7 Å². The summed E-state index contributed by atoms with van der Waals surface area (Å²) in [7, 11) is 0. The fraction of sp³-hybridized carbons (Fsp3) is 0.0588. The Bertz CT molecular complexity index is 770. The molecule has 1 amide bonds. The topological polar surface area (TPSA) is 42.0 Å². The molecule has 2 heterocycles. The van der Waals surface area contributed by atoms with Crippen LogP contribution in [0.1, 0.15) is 15.9 Å². The lowest BCUT2D eigenvalue weighted by molar-refractivity contribution is 0.0950. The van der Waals surface area contributed by atoms with Gasteiger partial charge in [-0.15, -0.1) is 11.3 Å². The highest BCUT2D eigenvalue weighted by molar-refractivity contribution is 7.13. The van der Waals surface area contributed by atoms with Crippen LogP contribution in [0.2, 0.25) is 0 Å². The van der Waals surface area contributed by atoms with E-state index in [1.54, 1.807) is 35.7 Å². The summed E-state index contributed by atoms with van der Waals surface area (Å²) >= 11 is 1.60. The number of halogens is 1. The molecule has 0 spiro atoms. The van der Waals surface area contributed by atoms with Crippen molar-refractivity contribution in [2.75, 3.05) is 0 Å². The van der Waals surface area contributed by atoms with E-state index in [9.17, 15) is 9.18 Å². The Morgan fingerprint density at radius 3 is 2.77 bits per heavy atom. The molecule has 1 aromatic carbocycles. The van der Waals surface area contributed by atoms with Gasteiger partial charge in [-0.3, -0.25) is 9.78 Å². The molecule has 0 saturated carbocycles. The number of thiophene rings is 1. The lowest BCUT2D eigenvalue weighted by atomic mass is 10.2. The summed E-state index contributed by atoms with van der Waals surface area (Å²) in [5, 5.41) is 4.74. The van der Waals surface area contributed by atoms with Crippen LogP contribution in [0.25, 0.3) is 10.6 Å². The number of benzene rings is 1. The highest BCUT2D eigenvalue weighted by atomic mass is 32.1. The average Bonchev–Trinajstić information content (AvgIpc) is 3.07. The Labute approximate surface area is 131 Å². The molecule has 110 valence electrons. The van der Waals surface area contributed by atoms with E-state index < -0.39 is 0 Å². The minimum atomic E-state index is -0.311. The van der Waals surface area contributed by atoms with E-state index in [1.807, 2.05) is 23.6 Å². The maximum atomic E-state index is 13.1. The number of nitrogens with zero attached hydrogens (tertiary/aromatic N) is 1. The van der Waals surface area contributed by atoms with E-state index in [4.69, 9.17) is 0 Å². The highest BCUT2D eigenvalue weighted by Crippen LogP contribution is 2.22. The first kappa shape index (κ1) is 14.4. The van der Waals surface area contributed by atoms with Crippen molar-refractivity contribution in [3.8, 4) is 10.6 Å². The maximum Gasteiger partial charge on any atom is 0.253 e. The Hall–Kier alpha value is -2.53. The first-order valence-electron chi connectivity index (χ1n) is 6.75. The standard InChI is InChI=1S/C17H13FN2OS/c18-14-4-1-3-12(9-14)10-20-17(21)13-6-7-15(19-11-13)16-5-2-8-22-16/h1-9,11H,10H2,(H,20,21). The fourth-order valence-electron chi connectivity index (χ4n) is 2.03. The molecule has 0 fully saturated rings. The van der Waals surface area contributed by atoms with Crippen molar-refractivity contribution >= 4 is 17.2 Å². The van der Waals surface area contributed by atoms with E-state index in [0.29, 0.717) is 5.56 Å². The van der Waals surface area contributed by atoms with Gasteiger partial charge >= 0.3 is 0 Å². The third-order valence-corrected chi connectivity index (χ3v) is 4.03. The number of amides is 1. The van der Waals surface area contributed by atoms with Crippen LogP contribution in [0.3, 0.4) is 0 Å². The Morgan fingerprint density at radius 2 is 2.09 bits per heavy atom. The highest BCUT2D eigenvalue weighted by Gasteiger charge is 2.07. The van der Waals surface area contributed by atoms with Gasteiger partial charge < -0.3 is 5.32 Å². The molecule has 3 aromatic rings. The van der Waals surface area contributed by atoms with E-state index in [1.165, 1.54) is 12.1 Å². The molecule has 0 atom stereocenters. The van der Waals surface area contributed by atoms with Crippen molar-refractivity contribution in [1.29, 1.82) is 0 Å². The third-order valence-electron chi connectivity index (χ3n) is 3.14. The zero-order valence-electron chi connectivity index (χ0n) is 11.6. The van der Waals surface area contributed by atoms with Crippen LogP contribution in [-0.4, -0.2) is 10.9 Å². The number of carbonyl (C=O) groups excluding carboxylic acids is 1. The molecule has 0 aliphatic rings. The second-order valence-electron chi connectivity index (χ2n) is 4.72. The summed E-state index contributed by atoms with van der Waals surface area (Å²) in [5.74, 6) is -0.539. The van der Waals surface area contributed by atoms with Gasteiger partial charge in [-0.05, 0) is 41.3 Å². The molecule has 0 aliphatic heterocycles. The molecule has 0 saturated heterocycles. The molecule has 3 rings (SSSR count). The van der Waals surface area contributed by atoms with Gasteiger partial charge in [0.05, 0.1) is 16.1 Å². The molecule has 2 aromatic heterocycles. The van der Waals surface area contributed by atoms with Crippen LogP contribution >= 0.6 is 11.3 Å². The number of nitrogens with one attached hydrogen (secondary N) is 1. The van der Waals surface area contributed by atoms with Crippen molar-refractivity contribution in [2.24, 2.45) is 0 Å². The van der Waals surface area contributed by atoms with Crippen LogP contribution in [0.15, 0.2) is 60.1 Å². The van der Waals surface area contributed by atoms with Gasteiger partial charge in [0.15, 0.2) is 0 Å². The summed E-state index contributed by atoms with van der Waals surface area (Å²) in [4.78, 5) is 17.4. The summed E-state index contributed by atoms with van der Waals surface area (Å²) < 4.78 is 13.1. The molecule has 1 N–H and O–H groups in total. The lowest BCUT2D eigenvalue weighted by Crippen LogP contribution is -2.22. The van der Waals surface area contributed by atoms with Gasteiger partial charge in [-0.2, -0.15) is 0 Å². The van der Waals surface area contributed by atoms with Crippen LogP contribution in [0, 0.1) is 5.82 Å². The zero-order chi connectivity index (χ0) is 15.4. The Morgan fingerprint density at radius 1 is 1.18 bits per heavy atom. The second kappa shape index (κ2) is 6.49. The van der Waals surface area contributed by atoms with Gasteiger partial charge in [-0.1, -0.05) is 18.2 Å². The monoisotopic (exact) mass is 312 g/mol. The summed E-state index contributed by atoms with van der Waals surface area (Å²) in [5.41, 5.74) is 2.05. The van der Waals surface area contributed by atoms with Crippen molar-refractivity contribution in [1.82, 2.24) is 10.3 Å². The quantitative estimate of drug-likeness (QED) is 0.794. The first-order chi connectivity index (χ1) is 10.7. The minimum Gasteiger partial charge on any atom is -0.348 e. The van der Waals surface area contributed by atoms with Crippen molar-refractivity contribution < 1.29 is 9.18 Å². The Kier molecular flexibility index (Phi) is 4.25. The molecule has 22 heavy (non-hydrogen) atoms. The molecule has 0 bridgehead atoms. The largest absolute Gasteiger partial charge is 0.348 e. The van der Waals surface area contributed by atoms with Crippen molar-refractivity contribution in [3.05, 3.63) is 77.1 Å². The molecule has 0 aliphatic carbocycles. The van der Waals surface area contributed by atoms with Crippen LogP contribution in [0.5, 0.6) is 0 Å². The van der Waals surface area contributed by atoms with E-state index in [2.05, 4.69) is 10.3 Å². The number of hydrogen-bond acceptors (Lipinski definition) is 3. The number of hydrogen-bond donors (Lipinski definition) is 1. The number of aromatic nitrogens is 1. The van der Waals surface area contributed by atoms with Crippen LogP contribution in [0.4, 0.5) is 4.39 Å². The van der Waals surface area contributed by atoms with Crippen LogP contribution < -0.4 is 5.32 Å². The van der Waals surface area contributed by atoms with E-state index in [0.717, 1.165) is 16.1 Å². The summed E-state index contributed by atoms with van der Waals surface area (Å²) in [6, 6.07) is 13.7. The predicted octanol–water partition coefficient (Wildman–Crippen LogP) is 3.88. The number of rotatable bonds is 4. The minimum absolute atomic E-state index is 0.227. The van der Waals surface area contributed by atoms with E-state index in [-0.39, 0.29) is 18.3 Å². The SMILES string of the molecule is O=C(NCc1cccc(F)c1)c1ccc(-c2cccs2)nc1. The van der Waals surface area contributed by atoms with Gasteiger partial charge in [0.25, 0.3) is 5.91 Å². The van der Waals surface area contributed by atoms with Crippen LogP contribution in [-0.2, 0) is 6.54 Å². The van der Waals surface area contributed by atoms with Gasteiger partial charge in [0.2, 0.25) is 0 Å². The summed E-state index contributed by atoms with van der Waals surface area (Å²) in [6.45, 7) is 0.281. The van der Waals surface area contributed by atoms with E-state index >= 15 is 0 Å². The van der Waals surface area contributed by atoms with Crippen molar-refractivity contribution in [2.45, 2.75) is 6.54 Å². The number of carbonyl (C=O) groups is 1. The molecule has 3 nitrogen and oxygen atoms in total.